The molecule has 4 fully saturated rings. The Balaban J connectivity index is 1.64. The van der Waals surface area contributed by atoms with Gasteiger partial charge in [0.15, 0.2) is 0 Å². The number of hydrogen-bond acceptors (Lipinski definition) is 3. The van der Waals surface area contributed by atoms with Gasteiger partial charge in [0.25, 0.3) is 0 Å². The number of hydrogen-bond donors (Lipinski definition) is 3. The van der Waals surface area contributed by atoms with Crippen LogP contribution in [0.4, 0.5) is 0 Å². The van der Waals surface area contributed by atoms with Crippen molar-refractivity contribution in [2.45, 2.75) is 84.3 Å². The standard InChI is InChI=1S/C22H36O4/c1-12(20(25)26)16-6-7-17-15-5-4-13-10-14(23)8-9-21(13,2)18(15)11-19(24)22(16,17)3/h12-19,23-24H,4-11H2,1-3H3,(H,25,26)/t12-,13-,14-,15+,16-,17+,18+,19+,21+,22-/m1/s1. The molecule has 26 heavy (non-hydrogen) atoms. The van der Waals surface area contributed by atoms with E-state index < -0.39 is 12.1 Å². The Morgan fingerprint density at radius 1 is 1.00 bits per heavy atom. The predicted octanol–water partition coefficient (Wildman–Crippen LogP) is 3.70. The van der Waals surface area contributed by atoms with Crippen LogP contribution in [0.2, 0.25) is 0 Å². The van der Waals surface area contributed by atoms with Crippen molar-refractivity contribution in [2.75, 3.05) is 0 Å². The first-order valence-corrected chi connectivity index (χ1v) is 10.8. The predicted molar refractivity (Wildman–Crippen MR) is 99.4 cm³/mol. The summed E-state index contributed by atoms with van der Waals surface area (Å²) in [5.74, 6) is 1.16. The van der Waals surface area contributed by atoms with Crippen LogP contribution in [0.15, 0.2) is 0 Å². The summed E-state index contributed by atoms with van der Waals surface area (Å²) < 4.78 is 0. The highest BCUT2D eigenvalue weighted by atomic mass is 16.4. The van der Waals surface area contributed by atoms with E-state index >= 15 is 0 Å². The fraction of sp³-hybridized carbons (Fsp3) is 0.955. The van der Waals surface area contributed by atoms with E-state index in [9.17, 15) is 20.1 Å². The molecule has 0 aromatic rings. The quantitative estimate of drug-likeness (QED) is 0.698. The van der Waals surface area contributed by atoms with Crippen molar-refractivity contribution in [1.82, 2.24) is 0 Å². The first-order chi connectivity index (χ1) is 12.2. The van der Waals surface area contributed by atoms with Gasteiger partial charge in [0.05, 0.1) is 18.1 Å². The minimum absolute atomic E-state index is 0.0830. The second kappa shape index (κ2) is 6.20. The number of carboxylic acids is 1. The van der Waals surface area contributed by atoms with Crippen LogP contribution < -0.4 is 0 Å². The van der Waals surface area contributed by atoms with Gasteiger partial charge in [-0.1, -0.05) is 20.8 Å². The molecule has 3 N–H and O–H groups in total. The second-order valence-corrected chi connectivity index (χ2v) is 10.5. The summed E-state index contributed by atoms with van der Waals surface area (Å²) in [5, 5.41) is 31.0. The highest BCUT2D eigenvalue weighted by molar-refractivity contribution is 5.70. The van der Waals surface area contributed by atoms with Gasteiger partial charge in [-0.15, -0.1) is 0 Å². The van der Waals surface area contributed by atoms with E-state index in [1.807, 2.05) is 6.92 Å². The van der Waals surface area contributed by atoms with Crippen LogP contribution in [0.25, 0.3) is 0 Å². The van der Waals surface area contributed by atoms with Crippen LogP contribution in [0.3, 0.4) is 0 Å². The first-order valence-electron chi connectivity index (χ1n) is 10.8. The third-order valence-corrected chi connectivity index (χ3v) is 9.81. The molecule has 0 aromatic heterocycles. The highest BCUT2D eigenvalue weighted by Crippen LogP contribution is 2.68. The van der Waals surface area contributed by atoms with Gasteiger partial charge in [-0.25, -0.2) is 0 Å². The summed E-state index contributed by atoms with van der Waals surface area (Å²) in [6.07, 6.45) is 7.57. The number of rotatable bonds is 2. The van der Waals surface area contributed by atoms with Crippen molar-refractivity contribution in [1.29, 1.82) is 0 Å². The number of carboxylic acid groups (broad SMARTS) is 1. The van der Waals surface area contributed by atoms with Crippen LogP contribution >= 0.6 is 0 Å². The molecule has 148 valence electrons. The van der Waals surface area contributed by atoms with Gasteiger partial charge in [-0.2, -0.15) is 0 Å². The maximum absolute atomic E-state index is 11.7. The van der Waals surface area contributed by atoms with Gasteiger partial charge in [-0.05, 0) is 86.4 Å². The molecule has 4 aliphatic rings. The third kappa shape index (κ3) is 2.44. The molecule has 0 spiro atoms. The molecule has 0 aliphatic heterocycles. The van der Waals surface area contributed by atoms with Crippen molar-refractivity contribution in [3.8, 4) is 0 Å². The zero-order chi connectivity index (χ0) is 18.9. The van der Waals surface area contributed by atoms with E-state index in [4.69, 9.17) is 0 Å². The summed E-state index contributed by atoms with van der Waals surface area (Å²) >= 11 is 0. The van der Waals surface area contributed by atoms with Gasteiger partial charge in [0.1, 0.15) is 0 Å². The van der Waals surface area contributed by atoms with E-state index in [1.165, 1.54) is 12.8 Å². The number of carbonyl (C=O) groups is 1. The Kier molecular flexibility index (Phi) is 4.47. The van der Waals surface area contributed by atoms with Crippen molar-refractivity contribution >= 4 is 5.97 Å². The molecule has 4 nitrogen and oxygen atoms in total. The molecule has 0 radical (unpaired) electrons. The largest absolute Gasteiger partial charge is 0.481 e. The van der Waals surface area contributed by atoms with Crippen LogP contribution in [0.1, 0.15) is 72.1 Å². The molecule has 0 saturated heterocycles. The number of aliphatic hydroxyl groups is 2. The summed E-state index contributed by atoms with van der Waals surface area (Å²) in [4.78, 5) is 11.7. The Bertz CT molecular complexity index is 576. The SMILES string of the molecule is C[C@@H](C(=O)O)[C@H]1CC[C@H]2[C@@H]3CC[C@@H]4C[C@H](O)CC[C@]4(C)[C@H]3C[C@H](O)[C@]12C. The lowest BCUT2D eigenvalue weighted by atomic mass is 9.43. The summed E-state index contributed by atoms with van der Waals surface area (Å²) in [7, 11) is 0. The molecule has 0 aromatic carbocycles. The zero-order valence-electron chi connectivity index (χ0n) is 16.5. The smallest absolute Gasteiger partial charge is 0.306 e. The second-order valence-electron chi connectivity index (χ2n) is 10.5. The van der Waals surface area contributed by atoms with Crippen molar-refractivity contribution in [3.63, 3.8) is 0 Å². The highest BCUT2D eigenvalue weighted by Gasteiger charge is 2.64. The lowest BCUT2D eigenvalue weighted by Gasteiger charge is -2.62. The first kappa shape index (κ1) is 18.7. The fourth-order valence-corrected chi connectivity index (χ4v) is 8.22. The Morgan fingerprint density at radius 2 is 1.73 bits per heavy atom. The summed E-state index contributed by atoms with van der Waals surface area (Å²) in [6.45, 7) is 6.44. The molecule has 4 rings (SSSR count). The normalized spacial score (nSPS) is 54.7. The van der Waals surface area contributed by atoms with Gasteiger partial charge < -0.3 is 15.3 Å². The molecular formula is C22H36O4. The molecule has 10 atom stereocenters. The van der Waals surface area contributed by atoms with Crippen molar-refractivity contribution in [2.24, 2.45) is 46.3 Å². The lowest BCUT2D eigenvalue weighted by molar-refractivity contribution is -0.178. The van der Waals surface area contributed by atoms with Crippen LogP contribution in [-0.2, 0) is 4.79 Å². The molecule has 0 heterocycles. The molecule has 0 amide bonds. The third-order valence-electron chi connectivity index (χ3n) is 9.81. The van der Waals surface area contributed by atoms with Gasteiger partial charge in [0, 0.05) is 5.41 Å². The van der Waals surface area contributed by atoms with E-state index in [-0.39, 0.29) is 28.8 Å². The zero-order valence-corrected chi connectivity index (χ0v) is 16.5. The van der Waals surface area contributed by atoms with Gasteiger partial charge in [0.2, 0.25) is 0 Å². The minimum atomic E-state index is -0.719. The van der Waals surface area contributed by atoms with Crippen molar-refractivity contribution < 1.29 is 20.1 Å². The fourth-order valence-electron chi connectivity index (χ4n) is 8.22. The maximum Gasteiger partial charge on any atom is 0.306 e. The molecule has 4 aliphatic carbocycles. The lowest BCUT2D eigenvalue weighted by Crippen LogP contribution is -2.59. The topological polar surface area (TPSA) is 77.8 Å². The monoisotopic (exact) mass is 364 g/mol. The average Bonchev–Trinajstić information content (AvgIpc) is 2.94. The van der Waals surface area contributed by atoms with E-state index in [1.54, 1.807) is 0 Å². The Morgan fingerprint density at radius 3 is 2.42 bits per heavy atom. The van der Waals surface area contributed by atoms with Crippen molar-refractivity contribution in [3.05, 3.63) is 0 Å². The van der Waals surface area contributed by atoms with E-state index in [2.05, 4.69) is 13.8 Å². The average molecular weight is 365 g/mol. The number of aliphatic carboxylic acids is 1. The van der Waals surface area contributed by atoms with Gasteiger partial charge >= 0.3 is 5.97 Å². The summed E-state index contributed by atoms with van der Waals surface area (Å²) in [6, 6.07) is 0. The minimum Gasteiger partial charge on any atom is -0.481 e. The van der Waals surface area contributed by atoms with E-state index in [0.29, 0.717) is 23.7 Å². The molecule has 0 unspecified atom stereocenters. The molecular weight excluding hydrogens is 328 g/mol. The van der Waals surface area contributed by atoms with E-state index in [0.717, 1.165) is 38.5 Å². The number of fused-ring (bicyclic) bond motifs is 5. The van der Waals surface area contributed by atoms with Crippen LogP contribution in [-0.4, -0.2) is 33.5 Å². The summed E-state index contributed by atoms with van der Waals surface area (Å²) in [5.41, 5.74) is -0.0166. The molecule has 4 saturated carbocycles. The maximum atomic E-state index is 11.7. The molecule has 0 bridgehead atoms. The van der Waals surface area contributed by atoms with Crippen LogP contribution in [0, 0.1) is 46.3 Å². The van der Waals surface area contributed by atoms with Gasteiger partial charge in [-0.3, -0.25) is 4.79 Å². The Hall–Kier alpha value is -0.610. The molecule has 4 heteroatoms. The Labute approximate surface area is 157 Å². The number of aliphatic hydroxyl groups excluding tert-OH is 2. The van der Waals surface area contributed by atoms with Crippen LogP contribution in [0.5, 0.6) is 0 Å².